The van der Waals surface area contributed by atoms with Crippen molar-refractivity contribution in [2.24, 2.45) is 5.73 Å². The van der Waals surface area contributed by atoms with Crippen LogP contribution in [0.1, 0.15) is 10.4 Å². The second-order valence-electron chi connectivity index (χ2n) is 4.91. The third kappa shape index (κ3) is 3.35. The van der Waals surface area contributed by atoms with Gasteiger partial charge < -0.3 is 21.4 Å². The predicted octanol–water partition coefficient (Wildman–Crippen LogP) is 3.67. The molecule has 0 saturated carbocycles. The molecule has 0 saturated heterocycles. The van der Waals surface area contributed by atoms with Gasteiger partial charge in [0.1, 0.15) is 0 Å². The summed E-state index contributed by atoms with van der Waals surface area (Å²) in [7, 11) is 0. The van der Waals surface area contributed by atoms with Crippen molar-refractivity contribution in [3.05, 3.63) is 58.7 Å². The van der Waals surface area contributed by atoms with Crippen molar-refractivity contribution in [3.63, 3.8) is 0 Å². The Labute approximate surface area is 140 Å². The largest absolute Gasteiger partial charge is 0.366 e. The van der Waals surface area contributed by atoms with Crippen LogP contribution in [0.15, 0.2) is 53.1 Å². The third-order valence-electron chi connectivity index (χ3n) is 3.32. The summed E-state index contributed by atoms with van der Waals surface area (Å²) < 4.78 is 0.926. The number of halogens is 1. The normalized spacial score (nSPS) is 10.5. The van der Waals surface area contributed by atoms with Crippen LogP contribution in [0.25, 0.3) is 10.9 Å². The zero-order valence-corrected chi connectivity index (χ0v) is 13.5. The fourth-order valence-electron chi connectivity index (χ4n) is 2.20. The summed E-state index contributed by atoms with van der Waals surface area (Å²) in [6.45, 7) is 0. The quantitative estimate of drug-likeness (QED) is 0.563. The molecule has 23 heavy (non-hydrogen) atoms. The zero-order valence-electron chi connectivity index (χ0n) is 11.9. The molecule has 0 radical (unpaired) electrons. The van der Waals surface area contributed by atoms with E-state index in [1.807, 2.05) is 18.2 Å². The Kier molecular flexibility index (Phi) is 4.03. The van der Waals surface area contributed by atoms with Crippen molar-refractivity contribution >= 4 is 50.1 Å². The number of hydrogen-bond acceptors (Lipinski definition) is 2. The molecule has 0 atom stereocenters. The van der Waals surface area contributed by atoms with E-state index in [1.165, 1.54) is 0 Å². The minimum atomic E-state index is -0.509. The lowest BCUT2D eigenvalue weighted by molar-refractivity contribution is 0.100. The molecule has 3 rings (SSSR count). The zero-order chi connectivity index (χ0) is 16.4. The topological polar surface area (TPSA) is 100 Å². The van der Waals surface area contributed by atoms with Crippen LogP contribution < -0.4 is 16.4 Å². The highest BCUT2D eigenvalue weighted by Gasteiger charge is 2.08. The van der Waals surface area contributed by atoms with Crippen LogP contribution in [0.5, 0.6) is 0 Å². The molecule has 3 amide bonds. The van der Waals surface area contributed by atoms with Gasteiger partial charge in [-0.2, -0.15) is 0 Å². The molecule has 2 aromatic carbocycles. The lowest BCUT2D eigenvalue weighted by Gasteiger charge is -2.07. The number of fused-ring (bicyclic) bond motifs is 1. The number of carbonyl (C=O) groups excluding carboxylic acids is 2. The van der Waals surface area contributed by atoms with Crippen molar-refractivity contribution in [3.8, 4) is 0 Å². The molecule has 1 aromatic heterocycles. The fourth-order valence-corrected chi connectivity index (χ4v) is 2.56. The van der Waals surface area contributed by atoms with Crippen LogP contribution in [0.4, 0.5) is 16.2 Å². The van der Waals surface area contributed by atoms with Crippen molar-refractivity contribution < 1.29 is 9.59 Å². The molecule has 116 valence electrons. The minimum absolute atomic E-state index is 0.377. The standard InChI is InChI=1S/C16H13BrN4O2/c17-10-3-6-13-12(7-10)14(8-19-13)21-16(23)20-11-4-1-9(2-5-11)15(18)22/h1-8,19H,(H2,18,22)(H2,20,21,23). The van der Waals surface area contributed by atoms with E-state index in [4.69, 9.17) is 5.73 Å². The molecule has 0 aliphatic heterocycles. The third-order valence-corrected chi connectivity index (χ3v) is 3.81. The molecule has 0 bridgehead atoms. The van der Waals surface area contributed by atoms with Gasteiger partial charge in [-0.15, -0.1) is 0 Å². The lowest BCUT2D eigenvalue weighted by Crippen LogP contribution is -2.19. The second kappa shape index (κ2) is 6.13. The van der Waals surface area contributed by atoms with Crippen LogP contribution in [-0.2, 0) is 0 Å². The first-order valence-corrected chi connectivity index (χ1v) is 7.57. The number of amides is 3. The number of aromatic amines is 1. The first-order valence-electron chi connectivity index (χ1n) is 6.77. The second-order valence-corrected chi connectivity index (χ2v) is 5.83. The number of rotatable bonds is 3. The maximum atomic E-state index is 12.1. The number of nitrogens with two attached hydrogens (primary N) is 1. The van der Waals surface area contributed by atoms with Crippen molar-refractivity contribution in [1.82, 2.24) is 4.98 Å². The van der Waals surface area contributed by atoms with Crippen LogP contribution in [0.2, 0.25) is 0 Å². The number of nitrogens with one attached hydrogen (secondary N) is 3. The van der Waals surface area contributed by atoms with Crippen LogP contribution in [0.3, 0.4) is 0 Å². The number of carbonyl (C=O) groups is 2. The Morgan fingerprint density at radius 2 is 1.78 bits per heavy atom. The summed E-state index contributed by atoms with van der Waals surface area (Å²) in [4.78, 5) is 26.2. The van der Waals surface area contributed by atoms with E-state index in [9.17, 15) is 9.59 Å². The summed E-state index contributed by atoms with van der Waals surface area (Å²) in [5, 5.41) is 6.38. The Morgan fingerprint density at radius 3 is 2.48 bits per heavy atom. The van der Waals surface area contributed by atoms with Crippen molar-refractivity contribution in [2.75, 3.05) is 10.6 Å². The molecule has 5 N–H and O–H groups in total. The van der Waals surface area contributed by atoms with E-state index in [0.717, 1.165) is 15.4 Å². The molecule has 3 aromatic rings. The highest BCUT2D eigenvalue weighted by molar-refractivity contribution is 9.10. The highest BCUT2D eigenvalue weighted by atomic mass is 79.9. The van der Waals surface area contributed by atoms with E-state index in [1.54, 1.807) is 30.5 Å². The highest BCUT2D eigenvalue weighted by Crippen LogP contribution is 2.26. The maximum Gasteiger partial charge on any atom is 0.323 e. The van der Waals surface area contributed by atoms with Crippen LogP contribution in [-0.4, -0.2) is 16.9 Å². The predicted molar refractivity (Wildman–Crippen MR) is 93.6 cm³/mol. The van der Waals surface area contributed by atoms with E-state index < -0.39 is 5.91 Å². The molecule has 0 fully saturated rings. The van der Waals surface area contributed by atoms with E-state index in [2.05, 4.69) is 31.5 Å². The van der Waals surface area contributed by atoms with Crippen LogP contribution >= 0.6 is 15.9 Å². The summed E-state index contributed by atoms with van der Waals surface area (Å²) in [6, 6.07) is 11.7. The average Bonchev–Trinajstić information content (AvgIpc) is 2.90. The summed E-state index contributed by atoms with van der Waals surface area (Å²) in [6.07, 6.45) is 1.73. The summed E-state index contributed by atoms with van der Waals surface area (Å²) in [5.74, 6) is -0.509. The average molecular weight is 373 g/mol. The number of primary amides is 1. The first-order chi connectivity index (χ1) is 11.0. The maximum absolute atomic E-state index is 12.1. The molecule has 0 aliphatic carbocycles. The molecule has 0 aliphatic rings. The van der Waals surface area contributed by atoms with Gasteiger partial charge in [0.15, 0.2) is 0 Å². The number of H-pyrrole nitrogens is 1. The first kappa shape index (κ1) is 15.1. The van der Waals surface area contributed by atoms with Crippen molar-refractivity contribution in [2.45, 2.75) is 0 Å². The number of urea groups is 1. The molecule has 1 heterocycles. The summed E-state index contributed by atoms with van der Waals surface area (Å²) >= 11 is 3.41. The number of anilines is 2. The minimum Gasteiger partial charge on any atom is -0.366 e. The van der Waals surface area contributed by atoms with Crippen molar-refractivity contribution in [1.29, 1.82) is 0 Å². The number of aromatic nitrogens is 1. The van der Waals surface area contributed by atoms with Gasteiger partial charge in [0, 0.05) is 32.8 Å². The van der Waals surface area contributed by atoms with Crippen LogP contribution in [0, 0.1) is 0 Å². The van der Waals surface area contributed by atoms with Gasteiger partial charge in [0.2, 0.25) is 5.91 Å². The SMILES string of the molecule is NC(=O)c1ccc(NC(=O)Nc2c[nH]c3ccc(Br)cc23)cc1. The number of benzene rings is 2. The molecule has 0 unspecified atom stereocenters. The van der Waals surface area contributed by atoms with E-state index in [-0.39, 0.29) is 6.03 Å². The Hall–Kier alpha value is -2.80. The monoisotopic (exact) mass is 372 g/mol. The van der Waals surface area contributed by atoms with Gasteiger partial charge in [0.25, 0.3) is 0 Å². The molecule has 0 spiro atoms. The Balaban J connectivity index is 1.73. The van der Waals surface area contributed by atoms with Gasteiger partial charge in [-0.05, 0) is 42.5 Å². The molecule has 7 heteroatoms. The smallest absolute Gasteiger partial charge is 0.323 e. The van der Waals surface area contributed by atoms with Gasteiger partial charge in [-0.3, -0.25) is 4.79 Å². The Morgan fingerprint density at radius 1 is 1.04 bits per heavy atom. The van der Waals surface area contributed by atoms with Gasteiger partial charge >= 0.3 is 6.03 Å². The molecular formula is C16H13BrN4O2. The fraction of sp³-hybridized carbons (Fsp3) is 0. The summed E-state index contributed by atoms with van der Waals surface area (Å²) in [5.41, 5.74) is 7.72. The number of hydrogen-bond donors (Lipinski definition) is 4. The molecule has 6 nitrogen and oxygen atoms in total. The Bertz CT molecular complexity index is 887. The van der Waals surface area contributed by atoms with Gasteiger partial charge in [-0.1, -0.05) is 15.9 Å². The van der Waals surface area contributed by atoms with E-state index >= 15 is 0 Å². The van der Waals surface area contributed by atoms with Gasteiger partial charge in [-0.25, -0.2) is 4.79 Å². The lowest BCUT2D eigenvalue weighted by atomic mass is 10.2. The van der Waals surface area contributed by atoms with Gasteiger partial charge in [0.05, 0.1) is 5.69 Å². The molecular weight excluding hydrogens is 360 g/mol. The van der Waals surface area contributed by atoms with E-state index in [0.29, 0.717) is 16.9 Å².